The van der Waals surface area contributed by atoms with Gasteiger partial charge in [0.05, 0.1) is 13.2 Å². The molecule has 0 radical (unpaired) electrons. The molecule has 0 bridgehead atoms. The first-order chi connectivity index (χ1) is 9.69. The van der Waals surface area contributed by atoms with Crippen molar-refractivity contribution >= 4 is 5.91 Å². The molecule has 0 aromatic rings. The molecule has 2 fully saturated rings. The zero-order valence-electron chi connectivity index (χ0n) is 12.8. The molecule has 1 atom stereocenters. The van der Waals surface area contributed by atoms with E-state index in [2.05, 4.69) is 16.7 Å². The lowest BCUT2D eigenvalue weighted by Crippen LogP contribution is -2.45. The van der Waals surface area contributed by atoms with Crippen LogP contribution in [0.15, 0.2) is 0 Å². The number of nitrogens with zero attached hydrogens (tertiary/aromatic N) is 3. The molecule has 0 aromatic heterocycles. The van der Waals surface area contributed by atoms with E-state index in [0.29, 0.717) is 18.4 Å². The van der Waals surface area contributed by atoms with E-state index < -0.39 is 0 Å². The maximum atomic E-state index is 12.4. The molecule has 5 heteroatoms. The maximum Gasteiger partial charge on any atom is 0.236 e. The van der Waals surface area contributed by atoms with E-state index in [1.54, 1.807) is 0 Å². The van der Waals surface area contributed by atoms with Crippen LogP contribution in [-0.4, -0.2) is 84.7 Å². The Kier molecular flexibility index (Phi) is 6.26. The van der Waals surface area contributed by atoms with Crippen molar-refractivity contribution in [1.29, 1.82) is 0 Å². The van der Waals surface area contributed by atoms with E-state index in [9.17, 15) is 4.79 Å². The first kappa shape index (κ1) is 15.7. The van der Waals surface area contributed by atoms with Gasteiger partial charge in [-0.1, -0.05) is 6.92 Å². The highest BCUT2D eigenvalue weighted by molar-refractivity contribution is 5.78. The third-order valence-corrected chi connectivity index (χ3v) is 4.47. The number of carbonyl (C=O) groups is 1. The summed E-state index contributed by atoms with van der Waals surface area (Å²) in [7, 11) is 0. The van der Waals surface area contributed by atoms with E-state index in [1.807, 2.05) is 4.90 Å². The Balaban J connectivity index is 1.76. The summed E-state index contributed by atoms with van der Waals surface area (Å²) < 4.78 is 0. The van der Waals surface area contributed by atoms with Gasteiger partial charge in [0.15, 0.2) is 0 Å². The Morgan fingerprint density at radius 2 is 1.85 bits per heavy atom. The van der Waals surface area contributed by atoms with Crippen LogP contribution >= 0.6 is 0 Å². The number of hydrogen-bond acceptors (Lipinski definition) is 4. The van der Waals surface area contributed by atoms with Crippen LogP contribution in [0.4, 0.5) is 0 Å². The number of piperidine rings is 1. The molecule has 2 aliphatic heterocycles. The van der Waals surface area contributed by atoms with Gasteiger partial charge < -0.3 is 10.0 Å². The number of β-amino-alcohol motifs (C(OH)–C–C–N with tert-alkyl or cyclic N) is 1. The zero-order valence-corrected chi connectivity index (χ0v) is 12.8. The van der Waals surface area contributed by atoms with Gasteiger partial charge in [0.25, 0.3) is 0 Å². The molecule has 1 amide bonds. The Bertz CT molecular complexity index is 311. The fourth-order valence-electron chi connectivity index (χ4n) is 3.25. The minimum absolute atomic E-state index is 0.227. The predicted molar refractivity (Wildman–Crippen MR) is 79.6 cm³/mol. The number of aliphatic hydroxyl groups excluding tert-OH is 1. The lowest BCUT2D eigenvalue weighted by Gasteiger charge is -2.32. The minimum atomic E-state index is 0.227. The van der Waals surface area contributed by atoms with Crippen LogP contribution in [0.25, 0.3) is 0 Å². The van der Waals surface area contributed by atoms with Gasteiger partial charge >= 0.3 is 0 Å². The van der Waals surface area contributed by atoms with Crippen molar-refractivity contribution in [3.8, 4) is 0 Å². The number of amides is 1. The fraction of sp³-hybridized carbons (Fsp3) is 0.933. The third-order valence-electron chi connectivity index (χ3n) is 4.47. The van der Waals surface area contributed by atoms with Gasteiger partial charge in [-0.3, -0.25) is 14.6 Å². The lowest BCUT2D eigenvalue weighted by atomic mass is 10.0. The summed E-state index contributed by atoms with van der Waals surface area (Å²) in [5.74, 6) is 0.948. The van der Waals surface area contributed by atoms with Crippen LogP contribution in [0.5, 0.6) is 0 Å². The van der Waals surface area contributed by atoms with Crippen LogP contribution < -0.4 is 0 Å². The van der Waals surface area contributed by atoms with Crippen molar-refractivity contribution in [1.82, 2.24) is 14.7 Å². The topological polar surface area (TPSA) is 47.0 Å². The van der Waals surface area contributed by atoms with Crippen LogP contribution in [0.3, 0.4) is 0 Å². The molecular formula is C15H29N3O2. The maximum absolute atomic E-state index is 12.4. The zero-order chi connectivity index (χ0) is 14.4. The van der Waals surface area contributed by atoms with Crippen molar-refractivity contribution in [3.05, 3.63) is 0 Å². The summed E-state index contributed by atoms with van der Waals surface area (Å²) in [6, 6.07) is 0. The molecule has 2 saturated heterocycles. The van der Waals surface area contributed by atoms with E-state index in [-0.39, 0.29) is 6.61 Å². The van der Waals surface area contributed by atoms with Gasteiger partial charge in [0.2, 0.25) is 5.91 Å². The largest absolute Gasteiger partial charge is 0.395 e. The number of rotatable bonds is 4. The highest BCUT2D eigenvalue weighted by Gasteiger charge is 2.23. The third kappa shape index (κ3) is 4.72. The van der Waals surface area contributed by atoms with Gasteiger partial charge in [-0.15, -0.1) is 0 Å². The van der Waals surface area contributed by atoms with Crippen LogP contribution in [0.1, 0.15) is 26.2 Å². The van der Waals surface area contributed by atoms with Gasteiger partial charge in [-0.25, -0.2) is 0 Å². The van der Waals surface area contributed by atoms with E-state index >= 15 is 0 Å². The van der Waals surface area contributed by atoms with Crippen molar-refractivity contribution in [2.75, 3.05) is 59.0 Å². The van der Waals surface area contributed by atoms with Gasteiger partial charge in [-0.05, 0) is 38.3 Å². The first-order valence-electron chi connectivity index (χ1n) is 8.02. The van der Waals surface area contributed by atoms with Crippen molar-refractivity contribution < 1.29 is 9.90 Å². The fourth-order valence-corrected chi connectivity index (χ4v) is 3.25. The Morgan fingerprint density at radius 1 is 1.10 bits per heavy atom. The summed E-state index contributed by atoms with van der Waals surface area (Å²) in [5, 5.41) is 9.00. The second-order valence-electron chi connectivity index (χ2n) is 6.28. The molecule has 5 nitrogen and oxygen atoms in total. The summed E-state index contributed by atoms with van der Waals surface area (Å²) in [4.78, 5) is 19.0. The second kappa shape index (κ2) is 7.96. The number of likely N-dealkylation sites (tertiary alicyclic amines) is 1. The second-order valence-corrected chi connectivity index (χ2v) is 6.28. The molecule has 2 rings (SSSR count). The molecule has 116 valence electrons. The van der Waals surface area contributed by atoms with Crippen LogP contribution in [0.2, 0.25) is 0 Å². The highest BCUT2D eigenvalue weighted by atomic mass is 16.3. The number of carbonyl (C=O) groups excluding carboxylic acids is 1. The first-order valence-corrected chi connectivity index (χ1v) is 8.02. The molecule has 2 aliphatic rings. The molecule has 20 heavy (non-hydrogen) atoms. The minimum Gasteiger partial charge on any atom is -0.395 e. The van der Waals surface area contributed by atoms with E-state index in [0.717, 1.165) is 58.7 Å². The molecule has 1 N–H and O–H groups in total. The smallest absolute Gasteiger partial charge is 0.236 e. The summed E-state index contributed by atoms with van der Waals surface area (Å²) >= 11 is 0. The van der Waals surface area contributed by atoms with Crippen LogP contribution in [0, 0.1) is 5.92 Å². The SMILES string of the molecule is CC1CCCN(C(=O)CN2CCCN(CCO)CC2)C1. The number of hydrogen-bond donors (Lipinski definition) is 1. The molecule has 0 aromatic carbocycles. The number of aliphatic hydroxyl groups is 1. The normalized spacial score (nSPS) is 26.5. The van der Waals surface area contributed by atoms with E-state index in [4.69, 9.17) is 5.11 Å². The predicted octanol–water partition coefficient (Wildman–Crippen LogP) is 0.245. The average Bonchev–Trinajstić information content (AvgIpc) is 2.65. The summed E-state index contributed by atoms with van der Waals surface area (Å²) in [5.41, 5.74) is 0. The molecule has 0 aliphatic carbocycles. The molecular weight excluding hydrogens is 254 g/mol. The Hall–Kier alpha value is -0.650. The summed E-state index contributed by atoms with van der Waals surface area (Å²) in [6.45, 7) is 9.59. The monoisotopic (exact) mass is 283 g/mol. The van der Waals surface area contributed by atoms with Crippen molar-refractivity contribution in [2.24, 2.45) is 5.92 Å². The highest BCUT2D eigenvalue weighted by Crippen LogP contribution is 2.15. The van der Waals surface area contributed by atoms with Crippen molar-refractivity contribution in [2.45, 2.75) is 26.2 Å². The quantitative estimate of drug-likeness (QED) is 0.803. The van der Waals surface area contributed by atoms with Crippen LogP contribution in [-0.2, 0) is 4.79 Å². The van der Waals surface area contributed by atoms with Gasteiger partial charge in [0.1, 0.15) is 0 Å². The lowest BCUT2D eigenvalue weighted by molar-refractivity contribution is -0.134. The molecule has 0 spiro atoms. The Labute approximate surface area is 122 Å². The molecule has 2 heterocycles. The molecule has 1 unspecified atom stereocenters. The van der Waals surface area contributed by atoms with Crippen molar-refractivity contribution in [3.63, 3.8) is 0 Å². The van der Waals surface area contributed by atoms with Gasteiger partial charge in [-0.2, -0.15) is 0 Å². The average molecular weight is 283 g/mol. The van der Waals surface area contributed by atoms with Gasteiger partial charge in [0, 0.05) is 32.7 Å². The summed E-state index contributed by atoms with van der Waals surface area (Å²) in [6.07, 6.45) is 3.49. The standard InChI is InChI=1S/C15H29N3O2/c1-14-4-2-7-18(12-14)15(20)13-17-6-3-5-16(8-9-17)10-11-19/h14,19H,2-13H2,1H3. The Morgan fingerprint density at radius 3 is 2.60 bits per heavy atom. The molecule has 0 saturated carbocycles. The van der Waals surface area contributed by atoms with E-state index in [1.165, 1.54) is 6.42 Å².